The lowest BCUT2D eigenvalue weighted by Gasteiger charge is -2.18. The lowest BCUT2D eigenvalue weighted by atomic mass is 10.1. The minimum Gasteiger partial charge on any atom is -0.480 e. The van der Waals surface area contributed by atoms with Gasteiger partial charge >= 0.3 is 5.97 Å². The number of benzene rings is 1. The third-order valence-electron chi connectivity index (χ3n) is 3.59. The third-order valence-corrected chi connectivity index (χ3v) is 3.59. The highest BCUT2D eigenvalue weighted by molar-refractivity contribution is 5.81. The van der Waals surface area contributed by atoms with E-state index in [0.29, 0.717) is 19.0 Å². The smallest absolute Gasteiger partial charge is 0.326 e. The predicted octanol–water partition coefficient (Wildman–Crippen LogP) is 2.50. The van der Waals surface area contributed by atoms with E-state index in [1.807, 2.05) is 26.0 Å². The molecular weight excluding hydrogens is 244 g/mol. The van der Waals surface area contributed by atoms with Crippen LogP contribution < -0.4 is 4.90 Å². The van der Waals surface area contributed by atoms with Crippen LogP contribution in [0.4, 0.5) is 6.01 Å². The Hall–Kier alpha value is -2.04. The fourth-order valence-corrected chi connectivity index (χ4v) is 2.74. The number of fused-ring (bicyclic) bond motifs is 1. The second kappa shape index (κ2) is 4.26. The Labute approximate surface area is 110 Å². The topological polar surface area (TPSA) is 66.6 Å². The molecule has 5 nitrogen and oxygen atoms in total. The summed E-state index contributed by atoms with van der Waals surface area (Å²) in [6.45, 7) is 4.67. The van der Waals surface area contributed by atoms with Crippen molar-refractivity contribution in [3.8, 4) is 0 Å². The SMILES string of the molecule is Cc1cc(C)c2oc(N3CCC[C@H]3C(=O)O)nc2c1. The van der Waals surface area contributed by atoms with Gasteiger partial charge in [-0.05, 0) is 43.9 Å². The molecule has 0 aliphatic carbocycles. The molecule has 1 aliphatic rings. The van der Waals surface area contributed by atoms with Crippen molar-refractivity contribution in [1.82, 2.24) is 4.98 Å². The highest BCUT2D eigenvalue weighted by atomic mass is 16.4. The van der Waals surface area contributed by atoms with Gasteiger partial charge < -0.3 is 14.4 Å². The maximum Gasteiger partial charge on any atom is 0.326 e. The highest BCUT2D eigenvalue weighted by Gasteiger charge is 2.33. The van der Waals surface area contributed by atoms with E-state index in [-0.39, 0.29) is 0 Å². The van der Waals surface area contributed by atoms with Crippen LogP contribution in [0.15, 0.2) is 16.5 Å². The summed E-state index contributed by atoms with van der Waals surface area (Å²) in [5, 5.41) is 9.21. The maximum absolute atomic E-state index is 11.2. The van der Waals surface area contributed by atoms with Crippen molar-refractivity contribution in [2.75, 3.05) is 11.4 Å². The van der Waals surface area contributed by atoms with Gasteiger partial charge in [-0.25, -0.2) is 4.79 Å². The number of aryl methyl sites for hydroxylation is 2. The Bertz CT molecular complexity index is 647. The summed E-state index contributed by atoms with van der Waals surface area (Å²) in [5.74, 6) is -0.812. The van der Waals surface area contributed by atoms with Crippen LogP contribution in [0.5, 0.6) is 0 Å². The summed E-state index contributed by atoms with van der Waals surface area (Å²) in [4.78, 5) is 17.4. The molecule has 0 amide bonds. The van der Waals surface area contributed by atoms with Crippen LogP contribution >= 0.6 is 0 Å². The van der Waals surface area contributed by atoms with E-state index in [1.165, 1.54) is 0 Å². The summed E-state index contributed by atoms with van der Waals surface area (Å²) in [7, 11) is 0. The van der Waals surface area contributed by atoms with E-state index in [2.05, 4.69) is 4.98 Å². The van der Waals surface area contributed by atoms with Crippen LogP contribution in [0, 0.1) is 13.8 Å². The van der Waals surface area contributed by atoms with Gasteiger partial charge in [0.1, 0.15) is 11.6 Å². The van der Waals surface area contributed by atoms with Gasteiger partial charge in [-0.15, -0.1) is 0 Å². The molecule has 0 unspecified atom stereocenters. The van der Waals surface area contributed by atoms with Crippen LogP contribution in [-0.4, -0.2) is 28.6 Å². The second-order valence-electron chi connectivity index (χ2n) is 5.12. The molecule has 0 saturated carbocycles. The number of carbonyl (C=O) groups is 1. The van der Waals surface area contributed by atoms with E-state index in [9.17, 15) is 9.90 Å². The monoisotopic (exact) mass is 260 g/mol. The molecule has 1 saturated heterocycles. The van der Waals surface area contributed by atoms with Gasteiger partial charge in [0, 0.05) is 6.54 Å². The highest BCUT2D eigenvalue weighted by Crippen LogP contribution is 2.30. The number of hydrogen-bond acceptors (Lipinski definition) is 4. The normalized spacial score (nSPS) is 19.3. The zero-order valence-corrected chi connectivity index (χ0v) is 11.0. The lowest BCUT2D eigenvalue weighted by Crippen LogP contribution is -2.36. The standard InChI is InChI=1S/C14H16N2O3/c1-8-6-9(2)12-10(7-8)15-14(19-12)16-5-3-4-11(16)13(17)18/h6-7,11H,3-5H2,1-2H3,(H,17,18)/t11-/m0/s1. The second-order valence-corrected chi connectivity index (χ2v) is 5.12. The number of aromatic nitrogens is 1. The average molecular weight is 260 g/mol. The predicted molar refractivity (Wildman–Crippen MR) is 71.5 cm³/mol. The molecule has 1 fully saturated rings. The van der Waals surface area contributed by atoms with Crippen molar-refractivity contribution in [1.29, 1.82) is 0 Å². The molecule has 1 atom stereocenters. The number of aliphatic carboxylic acids is 1. The van der Waals surface area contributed by atoms with Crippen LogP contribution in [0.2, 0.25) is 0 Å². The number of oxazole rings is 1. The molecule has 19 heavy (non-hydrogen) atoms. The summed E-state index contributed by atoms with van der Waals surface area (Å²) in [6.07, 6.45) is 1.50. The van der Waals surface area contributed by atoms with Crippen molar-refractivity contribution in [2.45, 2.75) is 32.7 Å². The molecule has 5 heteroatoms. The summed E-state index contributed by atoms with van der Waals surface area (Å²) in [5.41, 5.74) is 3.70. The Balaban J connectivity index is 2.06. The first-order valence-corrected chi connectivity index (χ1v) is 6.43. The van der Waals surface area contributed by atoms with E-state index in [0.717, 1.165) is 28.6 Å². The number of hydrogen-bond donors (Lipinski definition) is 1. The van der Waals surface area contributed by atoms with Gasteiger partial charge in [-0.1, -0.05) is 6.07 Å². The maximum atomic E-state index is 11.2. The fraction of sp³-hybridized carbons (Fsp3) is 0.429. The van der Waals surface area contributed by atoms with Crippen molar-refractivity contribution >= 4 is 23.1 Å². The van der Waals surface area contributed by atoms with Crippen LogP contribution in [0.25, 0.3) is 11.1 Å². The molecular formula is C14H16N2O3. The van der Waals surface area contributed by atoms with Crippen LogP contribution in [0.3, 0.4) is 0 Å². The van der Waals surface area contributed by atoms with Crippen LogP contribution in [0.1, 0.15) is 24.0 Å². The molecule has 3 rings (SSSR count). The first-order chi connectivity index (χ1) is 9.06. The van der Waals surface area contributed by atoms with E-state index < -0.39 is 12.0 Å². The van der Waals surface area contributed by atoms with Crippen molar-refractivity contribution < 1.29 is 14.3 Å². The molecule has 0 bridgehead atoms. The average Bonchev–Trinajstić information content (AvgIpc) is 2.92. The zero-order chi connectivity index (χ0) is 13.6. The van der Waals surface area contributed by atoms with Crippen molar-refractivity contribution in [3.05, 3.63) is 23.3 Å². The first-order valence-electron chi connectivity index (χ1n) is 6.43. The van der Waals surface area contributed by atoms with Gasteiger partial charge in [0.25, 0.3) is 6.01 Å². The number of carboxylic acids is 1. The lowest BCUT2D eigenvalue weighted by molar-refractivity contribution is -0.138. The minimum absolute atomic E-state index is 0.425. The van der Waals surface area contributed by atoms with Gasteiger partial charge in [0.05, 0.1) is 0 Å². The molecule has 100 valence electrons. The molecule has 2 heterocycles. The summed E-state index contributed by atoms with van der Waals surface area (Å²) in [6, 6.07) is 3.90. The number of anilines is 1. The Morgan fingerprint density at radius 3 is 3.00 bits per heavy atom. The van der Waals surface area contributed by atoms with Gasteiger partial charge in [-0.3, -0.25) is 0 Å². The zero-order valence-electron chi connectivity index (χ0n) is 11.0. The first kappa shape index (κ1) is 12.0. The summed E-state index contributed by atoms with van der Waals surface area (Å²) >= 11 is 0. The third kappa shape index (κ3) is 1.95. The minimum atomic E-state index is -0.812. The number of carboxylic acid groups (broad SMARTS) is 1. The largest absolute Gasteiger partial charge is 0.480 e. The molecule has 2 aromatic rings. The molecule has 0 radical (unpaired) electrons. The van der Waals surface area contributed by atoms with Crippen LogP contribution in [-0.2, 0) is 4.79 Å². The number of nitrogens with zero attached hydrogens (tertiary/aromatic N) is 2. The van der Waals surface area contributed by atoms with E-state index >= 15 is 0 Å². The van der Waals surface area contributed by atoms with E-state index in [4.69, 9.17) is 4.42 Å². The summed E-state index contributed by atoms with van der Waals surface area (Å²) < 4.78 is 5.77. The Kier molecular flexibility index (Phi) is 2.69. The molecule has 1 N–H and O–H groups in total. The van der Waals surface area contributed by atoms with Gasteiger partial charge in [0.2, 0.25) is 0 Å². The van der Waals surface area contributed by atoms with E-state index in [1.54, 1.807) is 4.90 Å². The molecule has 1 aromatic heterocycles. The molecule has 1 aliphatic heterocycles. The van der Waals surface area contributed by atoms with Gasteiger partial charge in [-0.2, -0.15) is 4.98 Å². The molecule has 1 aromatic carbocycles. The Morgan fingerprint density at radius 2 is 2.26 bits per heavy atom. The molecule has 0 spiro atoms. The fourth-order valence-electron chi connectivity index (χ4n) is 2.74. The van der Waals surface area contributed by atoms with Crippen molar-refractivity contribution in [3.63, 3.8) is 0 Å². The quantitative estimate of drug-likeness (QED) is 0.898. The Morgan fingerprint density at radius 1 is 1.47 bits per heavy atom. The van der Waals surface area contributed by atoms with Gasteiger partial charge in [0.15, 0.2) is 5.58 Å². The number of rotatable bonds is 2. The van der Waals surface area contributed by atoms with Crippen molar-refractivity contribution in [2.24, 2.45) is 0 Å².